The van der Waals surface area contributed by atoms with Crippen LogP contribution >= 0.6 is 11.6 Å². The van der Waals surface area contributed by atoms with E-state index in [9.17, 15) is 4.79 Å². The van der Waals surface area contributed by atoms with Crippen LogP contribution in [0, 0.1) is 0 Å². The molecule has 0 spiro atoms. The first-order chi connectivity index (χ1) is 9.70. The Kier molecular flexibility index (Phi) is 3.49. The predicted molar refractivity (Wildman–Crippen MR) is 82.4 cm³/mol. The minimum Gasteiger partial charge on any atom is -0.305 e. The quantitative estimate of drug-likeness (QED) is 0.763. The number of carbonyl (C=O) groups excluding carboxylic acids is 1. The van der Waals surface area contributed by atoms with Gasteiger partial charge in [0.1, 0.15) is 0 Å². The van der Waals surface area contributed by atoms with E-state index in [1.165, 1.54) is 5.56 Å². The van der Waals surface area contributed by atoms with E-state index in [0.29, 0.717) is 11.4 Å². The van der Waals surface area contributed by atoms with E-state index >= 15 is 0 Å². The summed E-state index contributed by atoms with van der Waals surface area (Å²) in [6.45, 7) is 2.09. The molecule has 0 bridgehead atoms. The van der Waals surface area contributed by atoms with Crippen molar-refractivity contribution in [3.63, 3.8) is 0 Å². The van der Waals surface area contributed by atoms with Crippen molar-refractivity contribution in [1.29, 1.82) is 0 Å². The zero-order valence-electron chi connectivity index (χ0n) is 11.3. The summed E-state index contributed by atoms with van der Waals surface area (Å²) in [6, 6.07) is 15.9. The number of para-hydroxylation sites is 1. The zero-order chi connectivity index (χ0) is 14.1. The summed E-state index contributed by atoms with van der Waals surface area (Å²) in [5.41, 5.74) is 3.94. The second-order valence-electron chi connectivity index (χ2n) is 5.19. The molecule has 2 aromatic rings. The van der Waals surface area contributed by atoms with E-state index in [1.807, 2.05) is 47.4 Å². The van der Waals surface area contributed by atoms with E-state index in [0.717, 1.165) is 17.7 Å². The van der Waals surface area contributed by atoms with Crippen LogP contribution < -0.4 is 4.90 Å². The first-order valence-corrected chi connectivity index (χ1v) is 7.30. The number of hydrogen-bond donors (Lipinski definition) is 0. The second kappa shape index (κ2) is 5.29. The minimum atomic E-state index is 0.0504. The summed E-state index contributed by atoms with van der Waals surface area (Å²) in [7, 11) is 0. The van der Waals surface area contributed by atoms with Crippen LogP contribution in [0.3, 0.4) is 0 Å². The second-order valence-corrected chi connectivity index (χ2v) is 5.46. The Labute approximate surface area is 124 Å². The van der Waals surface area contributed by atoms with E-state index in [4.69, 9.17) is 11.6 Å². The molecule has 1 heterocycles. The van der Waals surface area contributed by atoms with Crippen molar-refractivity contribution in [2.45, 2.75) is 25.3 Å². The summed E-state index contributed by atoms with van der Waals surface area (Å²) in [6.07, 6.45) is 0.914. The van der Waals surface area contributed by atoms with Crippen LogP contribution in [0.2, 0.25) is 0 Å². The standard InChI is InChI=1S/C17H16ClNO/c1-12-9-14-6-2-3-8-16(14)19(12)17(20)15-7-4-5-13(10-15)11-18/h2-8,10,12H,9,11H2,1H3. The fraction of sp³-hybridized carbons (Fsp3) is 0.235. The average molecular weight is 286 g/mol. The Morgan fingerprint density at radius 3 is 2.85 bits per heavy atom. The highest BCUT2D eigenvalue weighted by Crippen LogP contribution is 2.33. The fourth-order valence-electron chi connectivity index (χ4n) is 2.80. The van der Waals surface area contributed by atoms with Crippen molar-refractivity contribution >= 4 is 23.2 Å². The van der Waals surface area contributed by atoms with Crippen LogP contribution in [-0.2, 0) is 12.3 Å². The SMILES string of the molecule is CC1Cc2ccccc2N1C(=O)c1cccc(CCl)c1. The maximum atomic E-state index is 12.8. The highest BCUT2D eigenvalue weighted by atomic mass is 35.5. The number of amides is 1. The highest BCUT2D eigenvalue weighted by molar-refractivity contribution is 6.17. The van der Waals surface area contributed by atoms with E-state index in [-0.39, 0.29) is 11.9 Å². The summed E-state index contributed by atoms with van der Waals surface area (Å²) in [5.74, 6) is 0.474. The lowest BCUT2D eigenvalue weighted by molar-refractivity contribution is 0.0981. The van der Waals surface area contributed by atoms with E-state index in [1.54, 1.807) is 0 Å². The van der Waals surface area contributed by atoms with Gasteiger partial charge in [-0.05, 0) is 42.7 Å². The Hall–Kier alpha value is -1.80. The first kappa shape index (κ1) is 13.2. The average Bonchev–Trinajstić information content (AvgIpc) is 2.82. The molecule has 2 nitrogen and oxygen atoms in total. The topological polar surface area (TPSA) is 20.3 Å². The molecule has 1 atom stereocenters. The third-order valence-electron chi connectivity index (χ3n) is 3.75. The van der Waals surface area contributed by atoms with Crippen molar-refractivity contribution in [2.24, 2.45) is 0 Å². The van der Waals surface area contributed by atoms with Crippen molar-refractivity contribution in [3.8, 4) is 0 Å². The van der Waals surface area contributed by atoms with Crippen LogP contribution in [-0.4, -0.2) is 11.9 Å². The molecule has 0 radical (unpaired) electrons. The number of benzene rings is 2. The van der Waals surface area contributed by atoms with Gasteiger partial charge >= 0.3 is 0 Å². The number of hydrogen-bond acceptors (Lipinski definition) is 1. The number of fused-ring (bicyclic) bond motifs is 1. The highest BCUT2D eigenvalue weighted by Gasteiger charge is 2.31. The molecule has 3 rings (SSSR count). The summed E-state index contributed by atoms with van der Waals surface area (Å²) in [4.78, 5) is 14.7. The fourth-order valence-corrected chi connectivity index (χ4v) is 2.97. The van der Waals surface area contributed by atoms with Crippen molar-refractivity contribution in [1.82, 2.24) is 0 Å². The maximum Gasteiger partial charge on any atom is 0.258 e. The maximum absolute atomic E-state index is 12.8. The molecule has 1 unspecified atom stereocenters. The molecule has 0 saturated heterocycles. The zero-order valence-corrected chi connectivity index (χ0v) is 12.1. The van der Waals surface area contributed by atoms with Crippen LogP contribution in [0.4, 0.5) is 5.69 Å². The van der Waals surface area contributed by atoms with Crippen LogP contribution in [0.1, 0.15) is 28.4 Å². The number of anilines is 1. The summed E-state index contributed by atoms with van der Waals surface area (Å²) < 4.78 is 0. The summed E-state index contributed by atoms with van der Waals surface area (Å²) >= 11 is 5.85. The Balaban J connectivity index is 1.98. The first-order valence-electron chi connectivity index (χ1n) is 6.77. The largest absolute Gasteiger partial charge is 0.305 e. The third-order valence-corrected chi connectivity index (χ3v) is 4.06. The van der Waals surface area contributed by atoms with Gasteiger partial charge in [0.05, 0.1) is 0 Å². The molecule has 102 valence electrons. The van der Waals surface area contributed by atoms with E-state index < -0.39 is 0 Å². The Bertz CT molecular complexity index is 653. The third kappa shape index (κ3) is 2.20. The Morgan fingerprint density at radius 2 is 2.05 bits per heavy atom. The van der Waals surface area contributed by atoms with E-state index in [2.05, 4.69) is 13.0 Å². The molecule has 0 saturated carbocycles. The molecule has 0 N–H and O–H groups in total. The lowest BCUT2D eigenvalue weighted by atomic mass is 10.1. The molecule has 3 heteroatoms. The van der Waals surface area contributed by atoms with Crippen LogP contribution in [0.25, 0.3) is 0 Å². The molecule has 20 heavy (non-hydrogen) atoms. The number of rotatable bonds is 2. The van der Waals surface area contributed by atoms with Gasteiger partial charge < -0.3 is 4.90 Å². The minimum absolute atomic E-state index is 0.0504. The number of halogens is 1. The van der Waals surface area contributed by atoms with Gasteiger partial charge in [-0.1, -0.05) is 30.3 Å². The van der Waals surface area contributed by atoms with Gasteiger partial charge in [0, 0.05) is 23.2 Å². The van der Waals surface area contributed by atoms with Gasteiger partial charge in [-0.25, -0.2) is 0 Å². The van der Waals surface area contributed by atoms with Gasteiger partial charge in [-0.3, -0.25) is 4.79 Å². The smallest absolute Gasteiger partial charge is 0.258 e. The van der Waals surface area contributed by atoms with Crippen molar-refractivity contribution in [2.75, 3.05) is 4.90 Å². The lowest BCUT2D eigenvalue weighted by Gasteiger charge is -2.23. The molecule has 2 aromatic carbocycles. The summed E-state index contributed by atoms with van der Waals surface area (Å²) in [5, 5.41) is 0. The van der Waals surface area contributed by atoms with Crippen LogP contribution in [0.5, 0.6) is 0 Å². The van der Waals surface area contributed by atoms with Crippen molar-refractivity contribution in [3.05, 3.63) is 65.2 Å². The van der Waals surface area contributed by atoms with Gasteiger partial charge in [-0.2, -0.15) is 0 Å². The number of carbonyl (C=O) groups is 1. The monoisotopic (exact) mass is 285 g/mol. The predicted octanol–water partition coefficient (Wildman–Crippen LogP) is 4.02. The molecule has 0 aliphatic carbocycles. The lowest BCUT2D eigenvalue weighted by Crippen LogP contribution is -2.35. The molecular formula is C17H16ClNO. The molecule has 1 amide bonds. The Morgan fingerprint density at radius 1 is 1.25 bits per heavy atom. The number of nitrogens with zero attached hydrogens (tertiary/aromatic N) is 1. The normalized spacial score (nSPS) is 17.1. The van der Waals surface area contributed by atoms with Crippen LogP contribution in [0.15, 0.2) is 48.5 Å². The molecule has 1 aliphatic rings. The van der Waals surface area contributed by atoms with Crippen molar-refractivity contribution < 1.29 is 4.79 Å². The molecular weight excluding hydrogens is 270 g/mol. The molecule has 0 fully saturated rings. The number of alkyl halides is 1. The van der Waals surface area contributed by atoms with Gasteiger partial charge in [0.2, 0.25) is 0 Å². The molecule has 1 aliphatic heterocycles. The van der Waals surface area contributed by atoms with Gasteiger partial charge in [-0.15, -0.1) is 11.6 Å². The van der Waals surface area contributed by atoms with Gasteiger partial charge in [0.25, 0.3) is 5.91 Å². The van der Waals surface area contributed by atoms with Gasteiger partial charge in [0.15, 0.2) is 0 Å². The molecule has 0 aromatic heterocycles.